The molecule has 1 unspecified atom stereocenters. The maximum atomic E-state index is 11.9. The van der Waals surface area contributed by atoms with E-state index in [4.69, 9.17) is 13.9 Å². The Morgan fingerprint density at radius 2 is 1.38 bits per heavy atom. The van der Waals surface area contributed by atoms with Crippen molar-refractivity contribution < 1.29 is 18.7 Å². The topological polar surface area (TPSA) is 44.8 Å². The van der Waals surface area contributed by atoms with Gasteiger partial charge < -0.3 is 0 Å². The van der Waals surface area contributed by atoms with Crippen LogP contribution >= 0.6 is 0 Å². The number of rotatable bonds is 7. The van der Waals surface area contributed by atoms with Crippen LogP contribution in [0.4, 0.5) is 0 Å². The van der Waals surface area contributed by atoms with Crippen LogP contribution in [0.1, 0.15) is 34.1 Å². The van der Waals surface area contributed by atoms with Crippen molar-refractivity contribution >= 4 is 44.1 Å². The Morgan fingerprint density at radius 3 is 1.85 bits per heavy atom. The van der Waals surface area contributed by atoms with Crippen molar-refractivity contribution in [1.82, 2.24) is 0 Å². The molecule has 4 nitrogen and oxygen atoms in total. The Hall–Kier alpha value is -2.21. The quantitative estimate of drug-likeness (QED) is 0.336. The molecule has 1 aliphatic rings. The Morgan fingerprint density at radius 1 is 0.882 bits per heavy atom. The van der Waals surface area contributed by atoms with Gasteiger partial charge in [0.15, 0.2) is 0 Å². The first-order valence-electron chi connectivity index (χ1n) is 11.6. The molecule has 6 heteroatoms. The van der Waals surface area contributed by atoms with Gasteiger partial charge in [0.05, 0.1) is 0 Å². The van der Waals surface area contributed by atoms with E-state index in [1.807, 2.05) is 30.3 Å². The number of ether oxygens (including phenoxy) is 2. The third-order valence-corrected chi connectivity index (χ3v) is 13.7. The Labute approximate surface area is 209 Å². The first kappa shape index (κ1) is 24.9. The van der Waals surface area contributed by atoms with Gasteiger partial charge in [-0.25, -0.2) is 0 Å². The summed E-state index contributed by atoms with van der Waals surface area (Å²) >= 11 is 0.0882. The molecule has 1 heterocycles. The molecule has 0 spiro atoms. The Kier molecular flexibility index (Phi) is 7.75. The number of esters is 1. The SMILES string of the molecule is CC(=O)OC1O[C@H](O[Si](c2ccccc2)(c2ccccc2)C(C)(C)C)C[C@H]1[Se]c1ccccc1. The van der Waals surface area contributed by atoms with Gasteiger partial charge in [-0.15, -0.1) is 0 Å². The predicted molar refractivity (Wildman–Crippen MR) is 139 cm³/mol. The normalized spacial score (nSPS) is 20.8. The molecule has 34 heavy (non-hydrogen) atoms. The van der Waals surface area contributed by atoms with Gasteiger partial charge in [-0.3, -0.25) is 0 Å². The monoisotopic (exact) mass is 540 g/mol. The summed E-state index contributed by atoms with van der Waals surface area (Å²) in [5.41, 5.74) is 0. The van der Waals surface area contributed by atoms with Crippen LogP contribution in [0, 0.1) is 0 Å². The second kappa shape index (κ2) is 10.6. The van der Waals surface area contributed by atoms with Gasteiger partial charge >= 0.3 is 210 Å². The van der Waals surface area contributed by atoms with E-state index in [0.29, 0.717) is 6.42 Å². The van der Waals surface area contributed by atoms with Crippen LogP contribution in [0.3, 0.4) is 0 Å². The summed E-state index contributed by atoms with van der Waals surface area (Å²) in [6.07, 6.45) is -0.357. The predicted octanol–water partition coefficient (Wildman–Crippen LogP) is 4.02. The van der Waals surface area contributed by atoms with E-state index in [2.05, 4.69) is 81.4 Å². The molecular formula is C28H32O4SeSi. The van der Waals surface area contributed by atoms with Gasteiger partial charge in [0.2, 0.25) is 0 Å². The van der Waals surface area contributed by atoms with Gasteiger partial charge in [0, 0.05) is 0 Å². The summed E-state index contributed by atoms with van der Waals surface area (Å²) in [6, 6.07) is 31.4. The van der Waals surface area contributed by atoms with Crippen LogP contribution < -0.4 is 14.8 Å². The van der Waals surface area contributed by atoms with Crippen molar-refractivity contribution in [2.75, 3.05) is 0 Å². The average Bonchev–Trinajstić information content (AvgIpc) is 3.18. The second-order valence-corrected chi connectivity index (χ2v) is 16.5. The molecule has 3 atom stereocenters. The van der Waals surface area contributed by atoms with E-state index in [1.54, 1.807) is 0 Å². The van der Waals surface area contributed by atoms with E-state index >= 15 is 0 Å². The third-order valence-electron chi connectivity index (χ3n) is 6.05. The van der Waals surface area contributed by atoms with Crippen LogP contribution in [0.2, 0.25) is 9.85 Å². The molecule has 0 amide bonds. The molecular weight excluding hydrogens is 507 g/mol. The first-order chi connectivity index (χ1) is 16.3. The first-order valence-corrected chi connectivity index (χ1v) is 15.4. The van der Waals surface area contributed by atoms with Crippen molar-refractivity contribution in [3.05, 3.63) is 91.0 Å². The zero-order chi connectivity index (χ0) is 24.2. The molecule has 1 saturated heterocycles. The van der Waals surface area contributed by atoms with E-state index in [-0.39, 0.29) is 30.8 Å². The number of carbonyl (C=O) groups is 1. The van der Waals surface area contributed by atoms with Gasteiger partial charge in [0.25, 0.3) is 0 Å². The molecule has 0 aliphatic carbocycles. The van der Waals surface area contributed by atoms with Crippen molar-refractivity contribution in [2.45, 2.75) is 56.6 Å². The van der Waals surface area contributed by atoms with E-state index in [1.165, 1.54) is 21.8 Å². The molecule has 3 aromatic rings. The summed E-state index contributed by atoms with van der Waals surface area (Å²) in [5.74, 6) is -0.329. The number of benzene rings is 3. The van der Waals surface area contributed by atoms with Gasteiger partial charge in [-0.2, -0.15) is 0 Å². The molecule has 178 valence electrons. The summed E-state index contributed by atoms with van der Waals surface area (Å²) in [7, 11) is -2.76. The molecule has 0 aromatic heterocycles. The van der Waals surface area contributed by atoms with Gasteiger partial charge in [0.1, 0.15) is 0 Å². The molecule has 3 aromatic carbocycles. The van der Waals surface area contributed by atoms with Crippen LogP contribution in [0.25, 0.3) is 0 Å². The summed E-state index contributed by atoms with van der Waals surface area (Å²) in [5, 5.41) is 2.26. The second-order valence-electron chi connectivity index (χ2n) is 9.53. The number of hydrogen-bond donors (Lipinski definition) is 0. The molecule has 4 rings (SSSR count). The standard InChI is InChI=1S/C28H32O4SeSi/c1-21(29)30-27-25(33-22-14-8-5-9-15-22)20-26(31-27)32-34(28(2,3)4,23-16-10-6-11-17-23)24-18-12-7-13-19-24/h5-19,25-27H,20H2,1-4H3/t25-,26-,27?/m1/s1. The van der Waals surface area contributed by atoms with Crippen molar-refractivity contribution in [3.8, 4) is 0 Å². The van der Waals surface area contributed by atoms with Crippen LogP contribution in [-0.4, -0.2) is 41.8 Å². The van der Waals surface area contributed by atoms with Gasteiger partial charge in [-0.1, -0.05) is 0 Å². The summed E-state index contributed by atoms with van der Waals surface area (Å²) < 4.78 is 20.4. The molecule has 0 bridgehead atoms. The van der Waals surface area contributed by atoms with E-state index in [0.717, 1.165) is 0 Å². The minimum absolute atomic E-state index is 0.0852. The molecule has 1 aliphatic heterocycles. The molecule has 0 saturated carbocycles. The zero-order valence-electron chi connectivity index (χ0n) is 20.1. The molecule has 1 fully saturated rings. The van der Waals surface area contributed by atoms with E-state index in [9.17, 15) is 4.79 Å². The van der Waals surface area contributed by atoms with Crippen LogP contribution in [0.5, 0.6) is 0 Å². The Bertz CT molecular complexity index is 1030. The Balaban J connectivity index is 1.70. The van der Waals surface area contributed by atoms with Crippen molar-refractivity contribution in [3.63, 3.8) is 0 Å². The fourth-order valence-corrected chi connectivity index (χ4v) is 11.6. The fourth-order valence-electron chi connectivity index (χ4n) is 4.60. The van der Waals surface area contributed by atoms with Crippen molar-refractivity contribution in [2.24, 2.45) is 0 Å². The van der Waals surface area contributed by atoms with Crippen molar-refractivity contribution in [1.29, 1.82) is 0 Å². The summed E-state index contributed by atoms with van der Waals surface area (Å²) in [4.78, 5) is 11.9. The third kappa shape index (κ3) is 5.37. The van der Waals surface area contributed by atoms with Crippen LogP contribution in [0.15, 0.2) is 91.0 Å². The molecule has 0 radical (unpaired) electrons. The number of carbonyl (C=O) groups excluding carboxylic acids is 1. The zero-order valence-corrected chi connectivity index (χ0v) is 22.9. The number of hydrogen-bond acceptors (Lipinski definition) is 4. The fraction of sp³-hybridized carbons (Fsp3) is 0.321. The average molecular weight is 540 g/mol. The van der Waals surface area contributed by atoms with Gasteiger partial charge in [-0.05, 0) is 0 Å². The van der Waals surface area contributed by atoms with Crippen LogP contribution in [-0.2, 0) is 18.7 Å². The molecule has 0 N–H and O–H groups in total. The van der Waals surface area contributed by atoms with E-state index < -0.39 is 20.9 Å². The minimum atomic E-state index is -2.76. The maximum absolute atomic E-state index is 11.9. The summed E-state index contributed by atoms with van der Waals surface area (Å²) in [6.45, 7) is 8.20.